The molecule has 0 spiro atoms. The Kier molecular flexibility index (Phi) is 19.6. The first-order valence-electron chi connectivity index (χ1n) is 34.3. The van der Waals surface area contributed by atoms with Crippen LogP contribution < -0.4 is 0 Å². The standard InChI is InChI=1S/C95H66F6N3.Ir/c1-92(2,94(96,97)98)75-49-51-103-91(60-75)71-43-47-85(88(59-71)68-33-23-31-66(53-68)63-26-10-6-11-27-63)82-39-19-16-36-79(82)74-55-72(77-34-14-17-37-80(77)83-45-41-69(89-40-20-21-50-102-89)57-86(83)64-28-12-7-13-29-64)54-73(56-74)78-35-15-18-38-81(78)84-46-42-70(90-48-44-76(61-104-90)93(3,4)95(99,100)101)58-87(84)67-32-22-30-65(52-67)62-24-8-5-9-25-62;/h5-40,44-61H,1-4H3;/q-3;+3. The van der Waals surface area contributed by atoms with E-state index in [0.29, 0.717) is 22.5 Å². The first-order chi connectivity index (χ1) is 50.3. The van der Waals surface area contributed by atoms with Crippen molar-refractivity contribution in [3.63, 3.8) is 0 Å². The van der Waals surface area contributed by atoms with Gasteiger partial charge in [0.2, 0.25) is 0 Å². The minimum Gasteiger partial charge on any atom is -0.305 e. The summed E-state index contributed by atoms with van der Waals surface area (Å²) in [5.41, 5.74) is 19.8. The van der Waals surface area contributed by atoms with Crippen molar-refractivity contribution in [2.45, 2.75) is 50.9 Å². The van der Waals surface area contributed by atoms with Crippen molar-refractivity contribution in [2.75, 3.05) is 0 Å². The fourth-order valence-corrected chi connectivity index (χ4v) is 13.7. The maximum Gasteiger partial charge on any atom is 3.00 e. The fourth-order valence-electron chi connectivity index (χ4n) is 13.7. The molecule has 0 atom stereocenters. The van der Waals surface area contributed by atoms with Gasteiger partial charge in [-0.25, -0.2) is 0 Å². The summed E-state index contributed by atoms with van der Waals surface area (Å²) in [6, 6.07) is 114. The molecule has 0 aliphatic rings. The smallest absolute Gasteiger partial charge is 0.305 e. The molecule has 12 aromatic carbocycles. The topological polar surface area (TPSA) is 38.7 Å². The molecular weight excluding hydrogens is 1490 g/mol. The molecule has 3 nitrogen and oxygen atoms in total. The number of benzene rings is 12. The SMILES string of the molecule is CC(C)(c1ccc(-c2[c-]cc(-c3ccccc3-c3cc(-c4ccccc4-c4c[c-]c(-c5ccccn5)cc4-c4ccccc4)cc(-c4ccccc4-c4c[c-]c(-c5cc(C(C)(C)C(F)(F)F)ccn5)cc4-c4cccc(-c5ccccc5)c4)c3)c(-c3cccc(-c4ccccc4)c3)c2)nc1)C(F)(F)F.[Ir+3]. The Hall–Kier alpha value is -11.7. The van der Waals surface area contributed by atoms with Gasteiger partial charge in [-0.05, 0) is 171 Å². The van der Waals surface area contributed by atoms with Crippen molar-refractivity contribution in [1.82, 2.24) is 15.0 Å². The van der Waals surface area contributed by atoms with Gasteiger partial charge in [0.25, 0.3) is 0 Å². The Labute approximate surface area is 621 Å². The molecule has 0 radical (unpaired) electrons. The Balaban J connectivity index is 0.00000928. The Morgan fingerprint density at radius 2 is 0.581 bits per heavy atom. The third-order valence-corrected chi connectivity index (χ3v) is 19.9. The number of halogens is 6. The molecule has 0 aliphatic heterocycles. The number of alkyl halides is 6. The van der Waals surface area contributed by atoms with Gasteiger partial charge in [0.1, 0.15) is 0 Å². The maximum atomic E-state index is 14.7. The molecule has 3 aromatic heterocycles. The Morgan fingerprint density at radius 1 is 0.238 bits per heavy atom. The van der Waals surface area contributed by atoms with Crippen LogP contribution in [0.25, 0.3) is 156 Å². The molecule has 0 aliphatic carbocycles. The number of rotatable bonds is 16. The molecule has 15 aromatic rings. The predicted molar refractivity (Wildman–Crippen MR) is 411 cm³/mol. The molecule has 10 heteroatoms. The summed E-state index contributed by atoms with van der Waals surface area (Å²) in [7, 11) is 0. The first-order valence-corrected chi connectivity index (χ1v) is 34.3. The fraction of sp³-hybridized carbons (Fsp3) is 0.0842. The average molecular weight is 1560 g/mol. The minimum atomic E-state index is -4.52. The van der Waals surface area contributed by atoms with Gasteiger partial charge in [0, 0.05) is 18.6 Å². The van der Waals surface area contributed by atoms with E-state index in [4.69, 9.17) is 4.98 Å². The van der Waals surface area contributed by atoms with Gasteiger partial charge in [0.15, 0.2) is 0 Å². The van der Waals surface area contributed by atoms with Crippen LogP contribution in [0.4, 0.5) is 26.3 Å². The van der Waals surface area contributed by atoms with Gasteiger partial charge in [0.05, 0.1) is 10.8 Å². The van der Waals surface area contributed by atoms with Crippen LogP contribution in [0.2, 0.25) is 0 Å². The van der Waals surface area contributed by atoms with Crippen molar-refractivity contribution in [3.05, 3.63) is 357 Å². The minimum absolute atomic E-state index is 0. The second-order valence-corrected chi connectivity index (χ2v) is 27.0. The van der Waals surface area contributed by atoms with Crippen molar-refractivity contribution >= 4 is 0 Å². The van der Waals surface area contributed by atoms with Crippen molar-refractivity contribution in [3.8, 4) is 156 Å². The monoisotopic (exact) mass is 1560 g/mol. The van der Waals surface area contributed by atoms with E-state index in [1.807, 2.05) is 133 Å². The number of nitrogens with zero attached hydrogens (tertiary/aromatic N) is 3. The van der Waals surface area contributed by atoms with Crippen molar-refractivity contribution in [2.24, 2.45) is 0 Å². The van der Waals surface area contributed by atoms with Crippen LogP contribution in [0.3, 0.4) is 0 Å². The summed E-state index contributed by atoms with van der Waals surface area (Å²) in [4.78, 5) is 14.1. The van der Waals surface area contributed by atoms with Crippen LogP contribution in [0.15, 0.2) is 328 Å². The van der Waals surface area contributed by atoms with Crippen LogP contribution in [0, 0.1) is 18.2 Å². The zero-order valence-electron chi connectivity index (χ0n) is 57.6. The van der Waals surface area contributed by atoms with Gasteiger partial charge < -0.3 is 15.0 Å². The molecule has 0 saturated carbocycles. The molecule has 0 bridgehead atoms. The molecule has 0 amide bonds. The summed E-state index contributed by atoms with van der Waals surface area (Å²) in [5.74, 6) is 0. The van der Waals surface area contributed by atoms with Crippen LogP contribution in [-0.4, -0.2) is 27.3 Å². The van der Waals surface area contributed by atoms with E-state index in [0.717, 1.165) is 148 Å². The molecule has 512 valence electrons. The molecule has 105 heavy (non-hydrogen) atoms. The second kappa shape index (κ2) is 29.2. The van der Waals surface area contributed by atoms with Gasteiger partial charge in [-0.3, -0.25) is 0 Å². The summed E-state index contributed by atoms with van der Waals surface area (Å²) in [6.07, 6.45) is -4.48. The average Bonchev–Trinajstić information content (AvgIpc) is 0.770. The first kappa shape index (κ1) is 70.4. The second-order valence-electron chi connectivity index (χ2n) is 27.0. The molecule has 3 heterocycles. The Bertz CT molecular complexity index is 5640. The Morgan fingerprint density at radius 3 is 0.990 bits per heavy atom. The van der Waals surface area contributed by atoms with E-state index in [1.165, 1.54) is 44.4 Å². The quantitative estimate of drug-likeness (QED) is 0.0715. The summed E-state index contributed by atoms with van der Waals surface area (Å²) in [6.45, 7) is 4.70. The van der Waals surface area contributed by atoms with Crippen LogP contribution >= 0.6 is 0 Å². The summed E-state index contributed by atoms with van der Waals surface area (Å²) >= 11 is 0. The normalized spacial score (nSPS) is 11.8. The van der Waals surface area contributed by atoms with Crippen LogP contribution in [0.1, 0.15) is 38.8 Å². The largest absolute Gasteiger partial charge is 3.00 e. The summed E-state index contributed by atoms with van der Waals surface area (Å²) in [5, 5.41) is 0. The third-order valence-electron chi connectivity index (χ3n) is 19.9. The van der Waals surface area contributed by atoms with Crippen molar-refractivity contribution in [1.29, 1.82) is 0 Å². The van der Waals surface area contributed by atoms with E-state index in [1.54, 1.807) is 12.3 Å². The third kappa shape index (κ3) is 14.2. The van der Waals surface area contributed by atoms with Gasteiger partial charge in [-0.2, -0.15) is 26.3 Å². The van der Waals surface area contributed by atoms with Crippen LogP contribution in [-0.2, 0) is 30.9 Å². The maximum absolute atomic E-state index is 14.7. The van der Waals surface area contributed by atoms with Gasteiger partial charge in [-0.15, -0.1) is 71.3 Å². The molecule has 0 fully saturated rings. The van der Waals surface area contributed by atoms with E-state index < -0.39 is 23.2 Å². The molecule has 0 N–H and O–H groups in total. The predicted octanol–water partition coefficient (Wildman–Crippen LogP) is 26.3. The zero-order chi connectivity index (χ0) is 71.7. The van der Waals surface area contributed by atoms with E-state index >= 15 is 0 Å². The van der Waals surface area contributed by atoms with E-state index in [-0.39, 0.29) is 31.2 Å². The molecular formula is C95H66F6IrN3. The van der Waals surface area contributed by atoms with Gasteiger partial charge in [-0.1, -0.05) is 281 Å². The zero-order valence-corrected chi connectivity index (χ0v) is 60.0. The number of hydrogen-bond acceptors (Lipinski definition) is 3. The number of hydrogen-bond donors (Lipinski definition) is 0. The number of pyridine rings is 3. The van der Waals surface area contributed by atoms with E-state index in [9.17, 15) is 26.3 Å². The summed E-state index contributed by atoms with van der Waals surface area (Å²) < 4.78 is 87.4. The van der Waals surface area contributed by atoms with E-state index in [2.05, 4.69) is 180 Å². The molecule has 15 rings (SSSR count). The van der Waals surface area contributed by atoms with Crippen molar-refractivity contribution < 1.29 is 46.4 Å². The molecule has 0 unspecified atom stereocenters. The van der Waals surface area contributed by atoms with Gasteiger partial charge >= 0.3 is 32.5 Å². The number of aromatic nitrogens is 3. The van der Waals surface area contributed by atoms with Crippen LogP contribution in [0.5, 0.6) is 0 Å². The molecule has 0 saturated heterocycles.